The van der Waals surface area contributed by atoms with Gasteiger partial charge < -0.3 is 9.73 Å². The largest absolute Gasteiger partial charge is 0.421 e. The Kier molecular flexibility index (Phi) is 5.75. The smallest absolute Gasteiger partial charge is 0.304 e. The first-order valence-electron chi connectivity index (χ1n) is 9.42. The van der Waals surface area contributed by atoms with Gasteiger partial charge in [-0.3, -0.25) is 9.29 Å². The van der Waals surface area contributed by atoms with Crippen LogP contribution in [0.2, 0.25) is 0 Å². The molecule has 1 aromatic carbocycles. The predicted octanol–water partition coefficient (Wildman–Crippen LogP) is 1.74. The normalized spacial score (nSPS) is 15.3. The summed E-state index contributed by atoms with van der Waals surface area (Å²) in [6.07, 6.45) is 3.01. The van der Waals surface area contributed by atoms with Crippen LogP contribution < -0.4 is 9.62 Å². The third-order valence-electron chi connectivity index (χ3n) is 4.75. The van der Waals surface area contributed by atoms with Crippen molar-refractivity contribution >= 4 is 15.9 Å². The monoisotopic (exact) mass is 432 g/mol. The molecule has 0 radical (unpaired) electrons. The molecule has 0 bridgehead atoms. The summed E-state index contributed by atoms with van der Waals surface area (Å²) in [6, 6.07) is 7.71. The van der Waals surface area contributed by atoms with E-state index in [0.29, 0.717) is 43.3 Å². The molecule has 1 fully saturated rings. The van der Waals surface area contributed by atoms with Crippen molar-refractivity contribution in [3.05, 3.63) is 60.0 Å². The zero-order valence-corrected chi connectivity index (χ0v) is 17.1. The highest BCUT2D eigenvalue weighted by atomic mass is 32.2. The molecule has 30 heavy (non-hydrogen) atoms. The number of nitrogens with zero attached hydrogens (tertiary/aromatic N) is 5. The number of aryl methyl sites for hydroxylation is 1. The molecule has 0 aliphatic carbocycles. The molecule has 2 aromatic heterocycles. The molecular weight excluding hydrogens is 411 g/mol. The topological polar surface area (TPSA) is 104 Å². The number of halogens is 1. The van der Waals surface area contributed by atoms with E-state index in [1.165, 1.54) is 26.9 Å². The molecule has 0 spiro atoms. The summed E-state index contributed by atoms with van der Waals surface area (Å²) in [5, 5.41) is 10.8. The molecule has 3 heterocycles. The molecule has 1 saturated heterocycles. The molecule has 3 aromatic rings. The summed E-state index contributed by atoms with van der Waals surface area (Å²) in [7, 11) is -3.87. The Bertz CT molecular complexity index is 1120. The van der Waals surface area contributed by atoms with Crippen molar-refractivity contribution in [2.75, 3.05) is 30.5 Å². The number of anilines is 1. The number of aromatic nitrogens is 3. The van der Waals surface area contributed by atoms with E-state index in [-0.39, 0.29) is 18.0 Å². The summed E-state index contributed by atoms with van der Waals surface area (Å²) < 4.78 is 49.5. The van der Waals surface area contributed by atoms with Crippen LogP contribution in [0.1, 0.15) is 11.5 Å². The minimum absolute atomic E-state index is 0.174. The Morgan fingerprint density at radius 1 is 1.23 bits per heavy atom. The van der Waals surface area contributed by atoms with Crippen LogP contribution in [0.5, 0.6) is 0 Å². The highest BCUT2D eigenvalue weighted by Gasteiger charge is 2.32. The van der Waals surface area contributed by atoms with E-state index in [1.807, 2.05) is 0 Å². The maximum atomic E-state index is 14.9. The minimum Gasteiger partial charge on any atom is -0.421 e. The Morgan fingerprint density at radius 3 is 2.67 bits per heavy atom. The van der Waals surface area contributed by atoms with Crippen molar-refractivity contribution in [2.45, 2.75) is 13.5 Å². The molecule has 11 heteroatoms. The fraction of sp³-hybridized carbons (Fsp3) is 0.316. The van der Waals surface area contributed by atoms with E-state index >= 15 is 0 Å². The minimum atomic E-state index is -3.87. The van der Waals surface area contributed by atoms with Crippen LogP contribution in [-0.2, 0) is 16.8 Å². The summed E-state index contributed by atoms with van der Waals surface area (Å²) in [4.78, 5) is 4.03. The van der Waals surface area contributed by atoms with Crippen molar-refractivity contribution in [1.82, 2.24) is 24.8 Å². The number of benzene rings is 1. The lowest BCUT2D eigenvalue weighted by molar-refractivity contribution is 0.358. The zero-order valence-electron chi connectivity index (χ0n) is 16.3. The second-order valence-corrected chi connectivity index (χ2v) is 8.66. The van der Waals surface area contributed by atoms with Crippen molar-refractivity contribution in [1.29, 1.82) is 0 Å². The molecule has 0 amide bonds. The van der Waals surface area contributed by atoms with Gasteiger partial charge in [0.05, 0.1) is 18.4 Å². The van der Waals surface area contributed by atoms with E-state index in [0.717, 1.165) is 0 Å². The van der Waals surface area contributed by atoms with Crippen LogP contribution in [0, 0.1) is 12.7 Å². The van der Waals surface area contributed by atoms with E-state index in [9.17, 15) is 12.8 Å². The van der Waals surface area contributed by atoms with Gasteiger partial charge in [-0.2, -0.15) is 12.7 Å². The number of hydrogen-bond donors (Lipinski definition) is 1. The van der Waals surface area contributed by atoms with Crippen LogP contribution in [0.15, 0.2) is 47.1 Å². The van der Waals surface area contributed by atoms with E-state index < -0.39 is 16.0 Å². The second kappa shape index (κ2) is 8.46. The van der Waals surface area contributed by atoms with Gasteiger partial charge in [0.2, 0.25) is 11.8 Å². The third kappa shape index (κ3) is 4.18. The van der Waals surface area contributed by atoms with Gasteiger partial charge in [-0.25, -0.2) is 4.39 Å². The lowest BCUT2D eigenvalue weighted by Gasteiger charge is -2.33. The Hall–Kier alpha value is -2.89. The zero-order chi connectivity index (χ0) is 21.1. The first-order valence-corrected chi connectivity index (χ1v) is 10.8. The molecule has 9 nitrogen and oxygen atoms in total. The number of nitrogens with one attached hydrogen (secondary N) is 1. The van der Waals surface area contributed by atoms with Gasteiger partial charge in [0.15, 0.2) is 0 Å². The number of piperazine rings is 1. The molecular formula is C19H21FN6O3S. The summed E-state index contributed by atoms with van der Waals surface area (Å²) in [5.74, 6) is 0.0163. The first-order chi connectivity index (χ1) is 14.4. The quantitative estimate of drug-likeness (QED) is 0.633. The average molecular weight is 432 g/mol. The molecule has 0 saturated carbocycles. The Balaban J connectivity index is 1.67. The Morgan fingerprint density at radius 2 is 2.03 bits per heavy atom. The van der Waals surface area contributed by atoms with Crippen LogP contribution in [0.3, 0.4) is 0 Å². The van der Waals surface area contributed by atoms with Gasteiger partial charge >= 0.3 is 10.2 Å². The first kappa shape index (κ1) is 20.4. The van der Waals surface area contributed by atoms with Crippen LogP contribution >= 0.6 is 0 Å². The lowest BCUT2D eigenvalue weighted by atomic mass is 10.1. The number of pyridine rings is 1. The maximum Gasteiger partial charge on any atom is 0.304 e. The van der Waals surface area contributed by atoms with Gasteiger partial charge in [0.25, 0.3) is 0 Å². The van der Waals surface area contributed by atoms with Gasteiger partial charge in [-0.1, -0.05) is 6.07 Å². The van der Waals surface area contributed by atoms with Crippen molar-refractivity contribution in [3.63, 3.8) is 0 Å². The van der Waals surface area contributed by atoms with Gasteiger partial charge in [-0.15, -0.1) is 10.2 Å². The van der Waals surface area contributed by atoms with E-state index in [1.54, 1.807) is 31.3 Å². The van der Waals surface area contributed by atoms with Gasteiger partial charge in [0, 0.05) is 50.4 Å². The van der Waals surface area contributed by atoms with Gasteiger partial charge in [0.1, 0.15) is 5.82 Å². The van der Waals surface area contributed by atoms with Crippen LogP contribution in [-0.4, -0.2) is 54.1 Å². The van der Waals surface area contributed by atoms with E-state index in [2.05, 4.69) is 20.5 Å². The molecule has 0 unspecified atom stereocenters. The molecule has 4 rings (SSSR count). The van der Waals surface area contributed by atoms with Crippen molar-refractivity contribution in [3.8, 4) is 11.5 Å². The highest BCUT2D eigenvalue weighted by molar-refractivity contribution is 7.90. The summed E-state index contributed by atoms with van der Waals surface area (Å²) in [5.41, 5.74) is 1.01. The Labute approximate surface area is 173 Å². The van der Waals surface area contributed by atoms with Gasteiger partial charge in [-0.05, 0) is 24.3 Å². The predicted molar refractivity (Wildman–Crippen MR) is 108 cm³/mol. The van der Waals surface area contributed by atoms with Crippen molar-refractivity contribution in [2.24, 2.45) is 0 Å². The molecule has 0 atom stereocenters. The van der Waals surface area contributed by atoms with Crippen LogP contribution in [0.4, 0.5) is 10.1 Å². The molecule has 1 aliphatic heterocycles. The highest BCUT2D eigenvalue weighted by Crippen LogP contribution is 2.26. The number of hydrogen-bond acceptors (Lipinski definition) is 7. The fourth-order valence-corrected chi connectivity index (χ4v) is 4.80. The summed E-state index contributed by atoms with van der Waals surface area (Å²) >= 11 is 0. The number of rotatable bonds is 6. The standard InChI is InChI=1S/C19H21FN6O3S/c1-14-23-24-19(29-14)15-4-5-16(18(20)11-15)13-26(17-3-2-6-22-12-17)30(27,28)25-9-7-21-8-10-25/h2-6,11-12,21H,7-10,13H2,1H3. The van der Waals surface area contributed by atoms with Crippen LogP contribution in [0.25, 0.3) is 11.5 Å². The molecule has 1 aliphatic rings. The average Bonchev–Trinajstić information content (AvgIpc) is 3.20. The summed E-state index contributed by atoms with van der Waals surface area (Å²) in [6.45, 7) is 3.29. The van der Waals surface area contributed by atoms with E-state index in [4.69, 9.17) is 4.42 Å². The van der Waals surface area contributed by atoms with Crippen molar-refractivity contribution < 1.29 is 17.2 Å². The maximum absolute atomic E-state index is 14.9. The molecule has 158 valence electrons. The third-order valence-corrected chi connectivity index (χ3v) is 6.67. The second-order valence-electron chi connectivity index (χ2n) is 6.81. The molecule has 1 N–H and O–H groups in total. The lowest BCUT2D eigenvalue weighted by Crippen LogP contribution is -2.51. The fourth-order valence-electron chi connectivity index (χ4n) is 3.20. The SMILES string of the molecule is Cc1nnc(-c2ccc(CN(c3cccnc3)S(=O)(=O)N3CCNCC3)c(F)c2)o1.